The van der Waals surface area contributed by atoms with E-state index in [4.69, 9.17) is 5.73 Å². The van der Waals surface area contributed by atoms with Crippen LogP contribution >= 0.6 is 0 Å². The Morgan fingerprint density at radius 2 is 1.50 bits per heavy atom. The highest BCUT2D eigenvalue weighted by Crippen LogP contribution is 2.27. The molecule has 3 heteroatoms. The molecule has 0 saturated carbocycles. The van der Waals surface area contributed by atoms with Gasteiger partial charge in [-0.25, -0.2) is 0 Å². The van der Waals surface area contributed by atoms with Crippen LogP contribution in [0.5, 0.6) is 0 Å². The third-order valence-corrected chi connectivity index (χ3v) is 4.02. The third-order valence-electron chi connectivity index (χ3n) is 4.02. The molecule has 3 nitrogen and oxygen atoms in total. The zero-order valence-electron chi connectivity index (χ0n) is 12.4. The van der Waals surface area contributed by atoms with Crippen LogP contribution in [0, 0.1) is 0 Å². The summed E-state index contributed by atoms with van der Waals surface area (Å²) in [5, 5.41) is 9.96. The van der Waals surface area contributed by atoms with Gasteiger partial charge in [-0.3, -0.25) is 0 Å². The SMILES string of the molecule is NC(CO)(c1ccccc1)c1cccn1Cc1ccccc1. The highest BCUT2D eigenvalue weighted by molar-refractivity contribution is 5.36. The Morgan fingerprint density at radius 3 is 2.14 bits per heavy atom. The van der Waals surface area contributed by atoms with Gasteiger partial charge in [-0.1, -0.05) is 60.7 Å². The molecule has 0 radical (unpaired) electrons. The molecule has 1 unspecified atom stereocenters. The van der Waals surface area contributed by atoms with Crippen LogP contribution in [0.2, 0.25) is 0 Å². The Balaban J connectivity index is 1.99. The zero-order valence-corrected chi connectivity index (χ0v) is 12.4. The minimum atomic E-state index is -0.903. The average Bonchev–Trinajstić information content (AvgIpc) is 3.04. The fraction of sp³-hybridized carbons (Fsp3) is 0.158. The Morgan fingerprint density at radius 1 is 0.864 bits per heavy atom. The molecule has 0 bridgehead atoms. The van der Waals surface area contributed by atoms with Gasteiger partial charge in [0.2, 0.25) is 0 Å². The van der Waals surface area contributed by atoms with E-state index in [1.54, 1.807) is 0 Å². The Kier molecular flexibility index (Phi) is 4.09. The van der Waals surface area contributed by atoms with Crippen molar-refractivity contribution in [1.29, 1.82) is 0 Å². The second-order valence-electron chi connectivity index (χ2n) is 5.50. The van der Waals surface area contributed by atoms with Gasteiger partial charge < -0.3 is 15.4 Å². The first-order valence-corrected chi connectivity index (χ1v) is 7.39. The number of aromatic nitrogens is 1. The maximum absolute atomic E-state index is 9.96. The highest BCUT2D eigenvalue weighted by Gasteiger charge is 2.31. The molecule has 22 heavy (non-hydrogen) atoms. The predicted octanol–water partition coefficient (Wildman–Crippen LogP) is 2.73. The molecule has 3 rings (SSSR count). The van der Waals surface area contributed by atoms with E-state index in [-0.39, 0.29) is 6.61 Å². The average molecular weight is 292 g/mol. The first-order valence-electron chi connectivity index (χ1n) is 7.39. The van der Waals surface area contributed by atoms with Crippen LogP contribution in [0.4, 0.5) is 0 Å². The first-order chi connectivity index (χ1) is 10.7. The lowest BCUT2D eigenvalue weighted by molar-refractivity contribution is 0.217. The lowest BCUT2D eigenvalue weighted by atomic mass is 9.88. The molecule has 0 spiro atoms. The lowest BCUT2D eigenvalue weighted by Crippen LogP contribution is -2.43. The van der Waals surface area contributed by atoms with E-state index in [1.807, 2.05) is 66.9 Å². The summed E-state index contributed by atoms with van der Waals surface area (Å²) in [5.41, 5.74) is 8.68. The van der Waals surface area contributed by atoms with Crippen LogP contribution in [0.3, 0.4) is 0 Å². The van der Waals surface area contributed by atoms with Crippen molar-refractivity contribution in [2.45, 2.75) is 12.1 Å². The summed E-state index contributed by atoms with van der Waals surface area (Å²) in [6, 6.07) is 23.9. The first kappa shape index (κ1) is 14.6. The van der Waals surface area contributed by atoms with Gasteiger partial charge in [-0.15, -0.1) is 0 Å². The molecule has 0 fully saturated rings. The van der Waals surface area contributed by atoms with Gasteiger partial charge in [-0.2, -0.15) is 0 Å². The summed E-state index contributed by atoms with van der Waals surface area (Å²) >= 11 is 0. The summed E-state index contributed by atoms with van der Waals surface area (Å²) in [5.74, 6) is 0. The third kappa shape index (κ3) is 2.69. The maximum atomic E-state index is 9.96. The van der Waals surface area contributed by atoms with Gasteiger partial charge in [0.1, 0.15) is 5.54 Å². The van der Waals surface area contributed by atoms with E-state index < -0.39 is 5.54 Å². The number of rotatable bonds is 5. The topological polar surface area (TPSA) is 51.2 Å². The largest absolute Gasteiger partial charge is 0.394 e. The molecule has 112 valence electrons. The van der Waals surface area contributed by atoms with Crippen molar-refractivity contribution in [2.75, 3.05) is 6.61 Å². The molecule has 3 N–H and O–H groups in total. The number of aliphatic hydroxyl groups excluding tert-OH is 1. The fourth-order valence-electron chi connectivity index (χ4n) is 2.79. The normalized spacial score (nSPS) is 13.7. The molecule has 2 aromatic carbocycles. The van der Waals surface area contributed by atoms with Gasteiger partial charge >= 0.3 is 0 Å². The van der Waals surface area contributed by atoms with Gasteiger partial charge in [-0.05, 0) is 23.3 Å². The number of aliphatic hydroxyl groups is 1. The van der Waals surface area contributed by atoms with E-state index in [9.17, 15) is 5.11 Å². The van der Waals surface area contributed by atoms with Crippen molar-refractivity contribution >= 4 is 0 Å². The summed E-state index contributed by atoms with van der Waals surface area (Å²) in [6.45, 7) is 0.588. The predicted molar refractivity (Wildman–Crippen MR) is 88.5 cm³/mol. The molecule has 3 aromatic rings. The van der Waals surface area contributed by atoms with Crippen LogP contribution < -0.4 is 5.73 Å². The minimum absolute atomic E-state index is 0.143. The molecule has 0 aliphatic heterocycles. The van der Waals surface area contributed by atoms with Gasteiger partial charge in [0.15, 0.2) is 0 Å². The molecular formula is C19H20N2O. The second-order valence-corrected chi connectivity index (χ2v) is 5.50. The van der Waals surface area contributed by atoms with Crippen LogP contribution in [0.1, 0.15) is 16.8 Å². The Hall–Kier alpha value is -2.36. The van der Waals surface area contributed by atoms with Crippen LogP contribution in [0.25, 0.3) is 0 Å². The number of nitrogens with zero attached hydrogens (tertiary/aromatic N) is 1. The fourth-order valence-corrected chi connectivity index (χ4v) is 2.79. The van der Waals surface area contributed by atoms with Crippen molar-refractivity contribution in [3.63, 3.8) is 0 Å². The van der Waals surface area contributed by atoms with E-state index >= 15 is 0 Å². The van der Waals surface area contributed by atoms with Crippen molar-refractivity contribution in [3.05, 3.63) is 95.8 Å². The molecule has 1 aromatic heterocycles. The summed E-state index contributed by atoms with van der Waals surface area (Å²) in [7, 11) is 0. The minimum Gasteiger partial charge on any atom is -0.394 e. The van der Waals surface area contributed by atoms with E-state index in [0.717, 1.165) is 17.8 Å². The molecule has 0 saturated heterocycles. The zero-order chi connectivity index (χ0) is 15.4. The van der Waals surface area contributed by atoms with E-state index in [2.05, 4.69) is 16.7 Å². The van der Waals surface area contributed by atoms with Gasteiger partial charge in [0.05, 0.1) is 6.61 Å². The lowest BCUT2D eigenvalue weighted by Gasteiger charge is -2.29. The molecule has 0 aliphatic rings. The number of nitrogens with two attached hydrogens (primary N) is 1. The maximum Gasteiger partial charge on any atom is 0.105 e. The summed E-state index contributed by atoms with van der Waals surface area (Å²) in [4.78, 5) is 0. The second kappa shape index (κ2) is 6.18. The summed E-state index contributed by atoms with van der Waals surface area (Å²) in [6.07, 6.45) is 2.00. The molecular weight excluding hydrogens is 272 g/mol. The van der Waals surface area contributed by atoms with Crippen LogP contribution in [-0.2, 0) is 12.1 Å². The molecule has 0 aliphatic carbocycles. The smallest absolute Gasteiger partial charge is 0.105 e. The van der Waals surface area contributed by atoms with Crippen LogP contribution in [0.15, 0.2) is 79.0 Å². The van der Waals surface area contributed by atoms with Crippen molar-refractivity contribution in [2.24, 2.45) is 5.73 Å². The standard InChI is InChI=1S/C19H20N2O/c20-19(15-22,17-10-5-2-6-11-17)18-12-7-13-21(18)14-16-8-3-1-4-9-16/h1-13,22H,14-15,20H2. The van der Waals surface area contributed by atoms with E-state index in [0.29, 0.717) is 0 Å². The highest BCUT2D eigenvalue weighted by atomic mass is 16.3. The van der Waals surface area contributed by atoms with Gasteiger partial charge in [0.25, 0.3) is 0 Å². The number of benzene rings is 2. The Labute approximate surface area is 130 Å². The molecule has 1 atom stereocenters. The van der Waals surface area contributed by atoms with Crippen LogP contribution in [-0.4, -0.2) is 16.3 Å². The summed E-state index contributed by atoms with van der Waals surface area (Å²) < 4.78 is 2.10. The Bertz CT molecular complexity index is 721. The number of hydrogen-bond acceptors (Lipinski definition) is 2. The molecule has 1 heterocycles. The van der Waals surface area contributed by atoms with Crippen molar-refractivity contribution in [3.8, 4) is 0 Å². The number of hydrogen-bond donors (Lipinski definition) is 2. The van der Waals surface area contributed by atoms with Crippen molar-refractivity contribution in [1.82, 2.24) is 4.57 Å². The molecule has 0 amide bonds. The van der Waals surface area contributed by atoms with Gasteiger partial charge in [0, 0.05) is 18.4 Å². The van der Waals surface area contributed by atoms with E-state index in [1.165, 1.54) is 5.56 Å². The van der Waals surface area contributed by atoms with Crippen molar-refractivity contribution < 1.29 is 5.11 Å². The quantitative estimate of drug-likeness (QED) is 0.759. The monoisotopic (exact) mass is 292 g/mol.